The van der Waals surface area contributed by atoms with E-state index in [1.54, 1.807) is 30.3 Å². The van der Waals surface area contributed by atoms with Crippen LogP contribution in [0.4, 0.5) is 0 Å². The predicted octanol–water partition coefficient (Wildman–Crippen LogP) is 1.60. The van der Waals surface area contributed by atoms with Crippen LogP contribution in [-0.2, 0) is 6.42 Å². The zero-order valence-electron chi connectivity index (χ0n) is 11.2. The predicted molar refractivity (Wildman–Crippen MR) is 73.4 cm³/mol. The summed E-state index contributed by atoms with van der Waals surface area (Å²) in [5.74, 6) is -0.537. The van der Waals surface area contributed by atoms with Crippen LogP contribution in [-0.4, -0.2) is 16.7 Å². The maximum atomic E-state index is 12.5. The summed E-state index contributed by atoms with van der Waals surface area (Å²) in [5.41, 5.74) is 2.32. The van der Waals surface area contributed by atoms with Crippen molar-refractivity contribution in [3.63, 3.8) is 0 Å². The lowest BCUT2D eigenvalue weighted by Gasteiger charge is -2.22. The standard InChI is InChI=1S/C16H12N2O3/c19-15-10-4-1-2-5-11(10)16(20)18(15)14-8-7-13-12(14)6-3-9-17(13)21/h1-6,9,14H,7-8H2. The van der Waals surface area contributed by atoms with Crippen molar-refractivity contribution < 1.29 is 14.3 Å². The Bertz CT molecular complexity index is 750. The first-order valence-electron chi connectivity index (χ1n) is 6.86. The van der Waals surface area contributed by atoms with Gasteiger partial charge in [0, 0.05) is 18.1 Å². The molecule has 4 rings (SSSR count). The van der Waals surface area contributed by atoms with Crippen LogP contribution >= 0.6 is 0 Å². The van der Waals surface area contributed by atoms with E-state index in [0.29, 0.717) is 29.7 Å². The quantitative estimate of drug-likeness (QED) is 0.453. The minimum atomic E-state index is -0.339. The molecule has 5 nitrogen and oxygen atoms in total. The monoisotopic (exact) mass is 280 g/mol. The van der Waals surface area contributed by atoms with Crippen LogP contribution in [0.3, 0.4) is 0 Å². The molecule has 1 aliphatic carbocycles. The van der Waals surface area contributed by atoms with Gasteiger partial charge in [-0.3, -0.25) is 14.5 Å². The van der Waals surface area contributed by atoms with E-state index in [-0.39, 0.29) is 17.9 Å². The summed E-state index contributed by atoms with van der Waals surface area (Å²) in [4.78, 5) is 26.3. The van der Waals surface area contributed by atoms with Crippen LogP contribution < -0.4 is 4.73 Å². The molecule has 1 aromatic carbocycles. The largest absolute Gasteiger partial charge is 0.618 e. The molecule has 2 heterocycles. The van der Waals surface area contributed by atoms with Crippen molar-refractivity contribution in [3.8, 4) is 0 Å². The highest BCUT2D eigenvalue weighted by Crippen LogP contribution is 2.38. The van der Waals surface area contributed by atoms with Gasteiger partial charge in [-0.1, -0.05) is 12.1 Å². The molecule has 1 unspecified atom stereocenters. The van der Waals surface area contributed by atoms with E-state index in [1.807, 2.05) is 6.07 Å². The lowest BCUT2D eigenvalue weighted by molar-refractivity contribution is -0.613. The molecule has 2 amide bonds. The molecule has 1 atom stereocenters. The number of hydrogen-bond donors (Lipinski definition) is 0. The molecular weight excluding hydrogens is 268 g/mol. The fraction of sp³-hybridized carbons (Fsp3) is 0.188. The normalized spacial score (nSPS) is 19.8. The van der Waals surface area contributed by atoms with Crippen molar-refractivity contribution >= 4 is 11.8 Å². The second-order valence-electron chi connectivity index (χ2n) is 5.32. The Hall–Kier alpha value is -2.69. The fourth-order valence-corrected chi connectivity index (χ4v) is 3.28. The number of carbonyl (C=O) groups excluding carboxylic acids is 2. The van der Waals surface area contributed by atoms with E-state index in [1.165, 1.54) is 11.1 Å². The van der Waals surface area contributed by atoms with E-state index in [9.17, 15) is 14.8 Å². The van der Waals surface area contributed by atoms with E-state index >= 15 is 0 Å². The number of aromatic nitrogens is 1. The number of carbonyl (C=O) groups is 2. The van der Waals surface area contributed by atoms with Gasteiger partial charge in [0.1, 0.15) is 0 Å². The number of amides is 2. The minimum absolute atomic E-state index is 0.269. The third-order valence-corrected chi connectivity index (χ3v) is 4.25. The molecule has 2 aromatic rings. The van der Waals surface area contributed by atoms with Crippen LogP contribution in [0.5, 0.6) is 0 Å². The average Bonchev–Trinajstić information content (AvgIpc) is 3.02. The number of benzene rings is 1. The number of nitrogens with zero attached hydrogens (tertiary/aromatic N) is 2. The molecule has 0 saturated heterocycles. The van der Waals surface area contributed by atoms with Crippen molar-refractivity contribution in [2.45, 2.75) is 18.9 Å². The Kier molecular flexibility index (Phi) is 2.39. The van der Waals surface area contributed by atoms with Gasteiger partial charge in [0.05, 0.1) is 17.2 Å². The zero-order chi connectivity index (χ0) is 14.6. The summed E-state index contributed by atoms with van der Waals surface area (Å²) in [7, 11) is 0. The van der Waals surface area contributed by atoms with Crippen LogP contribution in [0.2, 0.25) is 0 Å². The summed E-state index contributed by atoms with van der Waals surface area (Å²) in [6.45, 7) is 0. The second-order valence-corrected chi connectivity index (χ2v) is 5.32. The van der Waals surface area contributed by atoms with Crippen molar-refractivity contribution in [2.24, 2.45) is 0 Å². The highest BCUT2D eigenvalue weighted by Gasteiger charge is 2.44. The molecule has 5 heteroatoms. The lowest BCUT2D eigenvalue weighted by Crippen LogP contribution is -2.34. The number of fused-ring (bicyclic) bond motifs is 2. The summed E-state index contributed by atoms with van der Waals surface area (Å²) in [6.07, 6.45) is 2.63. The Morgan fingerprint density at radius 3 is 2.38 bits per heavy atom. The zero-order valence-corrected chi connectivity index (χ0v) is 11.2. The molecular formula is C16H12N2O3. The van der Waals surface area contributed by atoms with Crippen LogP contribution in [0.15, 0.2) is 42.6 Å². The van der Waals surface area contributed by atoms with Crippen LogP contribution in [0, 0.1) is 5.21 Å². The molecule has 0 spiro atoms. The van der Waals surface area contributed by atoms with Gasteiger partial charge in [-0.05, 0) is 24.6 Å². The highest BCUT2D eigenvalue weighted by atomic mass is 16.5. The van der Waals surface area contributed by atoms with Crippen molar-refractivity contribution in [1.29, 1.82) is 0 Å². The van der Waals surface area contributed by atoms with Crippen molar-refractivity contribution in [3.05, 3.63) is 70.2 Å². The average molecular weight is 280 g/mol. The lowest BCUT2D eigenvalue weighted by atomic mass is 10.1. The molecule has 21 heavy (non-hydrogen) atoms. The van der Waals surface area contributed by atoms with Crippen LogP contribution in [0.1, 0.15) is 44.4 Å². The molecule has 0 fully saturated rings. The van der Waals surface area contributed by atoms with Gasteiger partial charge >= 0.3 is 0 Å². The molecule has 1 aromatic heterocycles. The first-order valence-corrected chi connectivity index (χ1v) is 6.86. The Morgan fingerprint density at radius 2 is 1.71 bits per heavy atom. The molecule has 0 N–H and O–H groups in total. The first kappa shape index (κ1) is 12.1. The van der Waals surface area contributed by atoms with Crippen molar-refractivity contribution in [1.82, 2.24) is 4.90 Å². The van der Waals surface area contributed by atoms with Gasteiger partial charge in [0.15, 0.2) is 11.9 Å². The highest BCUT2D eigenvalue weighted by molar-refractivity contribution is 6.21. The maximum Gasteiger partial charge on any atom is 0.262 e. The van der Waals surface area contributed by atoms with E-state index in [4.69, 9.17) is 0 Å². The van der Waals surface area contributed by atoms with Gasteiger partial charge in [-0.25, -0.2) is 0 Å². The third kappa shape index (κ3) is 1.54. The summed E-state index contributed by atoms with van der Waals surface area (Å²) < 4.78 is 0.827. The smallest absolute Gasteiger partial charge is 0.262 e. The number of hydrogen-bond acceptors (Lipinski definition) is 3. The fourth-order valence-electron chi connectivity index (χ4n) is 3.28. The second kappa shape index (κ2) is 4.15. The summed E-state index contributed by atoms with van der Waals surface area (Å²) in [6, 6.07) is 9.99. The molecule has 2 aliphatic rings. The number of imide groups is 1. The maximum absolute atomic E-state index is 12.5. The summed E-state index contributed by atoms with van der Waals surface area (Å²) in [5, 5.41) is 11.8. The van der Waals surface area contributed by atoms with Crippen LogP contribution in [0.25, 0.3) is 0 Å². The molecule has 1 aliphatic heterocycles. The molecule has 0 radical (unpaired) electrons. The minimum Gasteiger partial charge on any atom is -0.618 e. The van der Waals surface area contributed by atoms with E-state index in [2.05, 4.69) is 0 Å². The Morgan fingerprint density at radius 1 is 1.05 bits per heavy atom. The third-order valence-electron chi connectivity index (χ3n) is 4.25. The van der Waals surface area contributed by atoms with E-state index in [0.717, 1.165) is 10.3 Å². The molecule has 104 valence electrons. The SMILES string of the molecule is O=C1c2ccccc2C(=O)N1C1CCc2c1ccc[n+]2[O-]. The van der Waals surface area contributed by atoms with Gasteiger partial charge in [0.25, 0.3) is 11.8 Å². The number of pyridine rings is 1. The molecule has 0 saturated carbocycles. The first-order chi connectivity index (χ1) is 10.2. The Balaban J connectivity index is 1.80. The van der Waals surface area contributed by atoms with Crippen molar-refractivity contribution in [2.75, 3.05) is 0 Å². The van der Waals surface area contributed by atoms with E-state index < -0.39 is 0 Å². The van der Waals surface area contributed by atoms with Gasteiger partial charge in [-0.2, -0.15) is 4.73 Å². The number of rotatable bonds is 1. The van der Waals surface area contributed by atoms with Gasteiger partial charge < -0.3 is 5.21 Å². The molecule has 0 bridgehead atoms. The van der Waals surface area contributed by atoms with Gasteiger partial charge in [0.2, 0.25) is 0 Å². The Labute approximate surface area is 121 Å². The van der Waals surface area contributed by atoms with Gasteiger partial charge in [-0.15, -0.1) is 0 Å². The topological polar surface area (TPSA) is 64.3 Å². The summed E-state index contributed by atoms with van der Waals surface area (Å²) >= 11 is 0.